The molecule has 0 saturated heterocycles. The quantitative estimate of drug-likeness (QED) is 0.761. The number of methoxy groups -OCH3 is 1. The molecule has 0 heterocycles. The smallest absolute Gasteiger partial charge is 0.126 e. The van der Waals surface area contributed by atoms with Crippen LogP contribution in [-0.4, -0.2) is 13.4 Å². The van der Waals surface area contributed by atoms with E-state index in [4.69, 9.17) is 4.74 Å². The van der Waals surface area contributed by atoms with Crippen LogP contribution in [0.5, 0.6) is 5.75 Å². The van der Waals surface area contributed by atoms with Crippen molar-refractivity contribution in [1.82, 2.24) is 0 Å². The molecular formula is C18H28O2. The monoisotopic (exact) mass is 276 g/mol. The van der Waals surface area contributed by atoms with Crippen molar-refractivity contribution in [3.63, 3.8) is 0 Å². The molecule has 0 amide bonds. The number of hydrogen-bond donors (Lipinski definition) is 0. The number of hydrogen-bond acceptors (Lipinski definition) is 2. The maximum Gasteiger partial charge on any atom is 0.126 e. The molecule has 0 aliphatic carbocycles. The summed E-state index contributed by atoms with van der Waals surface area (Å²) in [6, 6.07) is 4.38. The lowest BCUT2D eigenvalue weighted by Crippen LogP contribution is -2.19. The van der Waals surface area contributed by atoms with Crippen LogP contribution >= 0.6 is 0 Å². The van der Waals surface area contributed by atoms with Crippen LogP contribution in [0, 0.1) is 0 Å². The lowest BCUT2D eigenvalue weighted by molar-refractivity contribution is -0.107. The van der Waals surface area contributed by atoms with E-state index in [1.807, 2.05) is 0 Å². The predicted molar refractivity (Wildman–Crippen MR) is 84.8 cm³/mol. The van der Waals surface area contributed by atoms with E-state index in [-0.39, 0.29) is 10.8 Å². The van der Waals surface area contributed by atoms with Crippen molar-refractivity contribution in [2.75, 3.05) is 7.11 Å². The minimum atomic E-state index is 0.0164. The van der Waals surface area contributed by atoms with E-state index in [2.05, 4.69) is 53.7 Å². The van der Waals surface area contributed by atoms with Crippen molar-refractivity contribution >= 4 is 6.29 Å². The minimum Gasteiger partial charge on any atom is -0.496 e. The van der Waals surface area contributed by atoms with Gasteiger partial charge >= 0.3 is 0 Å². The van der Waals surface area contributed by atoms with Crippen LogP contribution in [0.3, 0.4) is 0 Å². The molecule has 0 bridgehead atoms. The van der Waals surface area contributed by atoms with E-state index in [1.165, 1.54) is 16.7 Å². The van der Waals surface area contributed by atoms with E-state index in [9.17, 15) is 4.79 Å². The molecule has 0 fully saturated rings. The van der Waals surface area contributed by atoms with Gasteiger partial charge in [-0.05, 0) is 22.8 Å². The van der Waals surface area contributed by atoms with E-state index < -0.39 is 0 Å². The molecule has 0 unspecified atom stereocenters. The lowest BCUT2D eigenvalue weighted by Gasteiger charge is -2.30. The van der Waals surface area contributed by atoms with Gasteiger partial charge in [-0.1, -0.05) is 53.7 Å². The van der Waals surface area contributed by atoms with Crippen LogP contribution in [0.25, 0.3) is 0 Å². The molecule has 0 aliphatic heterocycles. The van der Waals surface area contributed by atoms with Gasteiger partial charge in [0.15, 0.2) is 0 Å². The largest absolute Gasteiger partial charge is 0.496 e. The summed E-state index contributed by atoms with van der Waals surface area (Å²) in [5, 5.41) is 0. The van der Waals surface area contributed by atoms with Crippen LogP contribution in [-0.2, 0) is 22.0 Å². The molecule has 1 aromatic rings. The van der Waals surface area contributed by atoms with Crippen molar-refractivity contribution < 1.29 is 9.53 Å². The van der Waals surface area contributed by atoms with Gasteiger partial charge in [0.05, 0.1) is 7.11 Å². The third-order valence-corrected chi connectivity index (χ3v) is 3.52. The molecule has 0 saturated carbocycles. The zero-order valence-electron chi connectivity index (χ0n) is 14.0. The van der Waals surface area contributed by atoms with Crippen LogP contribution in [0.15, 0.2) is 12.1 Å². The lowest BCUT2D eigenvalue weighted by atomic mass is 9.78. The van der Waals surface area contributed by atoms with E-state index in [0.29, 0.717) is 6.42 Å². The first-order valence-corrected chi connectivity index (χ1v) is 7.26. The first-order chi connectivity index (χ1) is 9.11. The number of benzene rings is 1. The zero-order valence-corrected chi connectivity index (χ0v) is 14.0. The van der Waals surface area contributed by atoms with Gasteiger partial charge in [0.2, 0.25) is 0 Å². The maximum absolute atomic E-state index is 10.6. The highest BCUT2D eigenvalue weighted by atomic mass is 16.5. The maximum atomic E-state index is 10.6. The predicted octanol–water partition coefficient (Wildman–Crippen LogP) is 4.42. The Morgan fingerprint density at radius 2 is 1.45 bits per heavy atom. The summed E-state index contributed by atoms with van der Waals surface area (Å²) in [7, 11) is 1.74. The van der Waals surface area contributed by atoms with Gasteiger partial charge in [-0.15, -0.1) is 0 Å². The Morgan fingerprint density at radius 3 is 1.75 bits per heavy atom. The summed E-state index contributed by atoms with van der Waals surface area (Å²) in [6.07, 6.45) is 2.34. The fourth-order valence-corrected chi connectivity index (χ4v) is 2.39. The molecular weight excluding hydrogens is 248 g/mol. The molecule has 20 heavy (non-hydrogen) atoms. The van der Waals surface area contributed by atoms with Crippen molar-refractivity contribution in [3.8, 4) is 5.75 Å². The number of rotatable bonds is 4. The first kappa shape index (κ1) is 16.7. The van der Waals surface area contributed by atoms with Gasteiger partial charge in [0, 0.05) is 17.5 Å². The first-order valence-electron chi connectivity index (χ1n) is 7.26. The summed E-state index contributed by atoms with van der Waals surface area (Å²) in [6.45, 7) is 13.2. The fraction of sp³-hybridized carbons (Fsp3) is 0.611. The second-order valence-electron chi connectivity index (χ2n) is 7.43. The molecule has 0 N–H and O–H groups in total. The molecule has 112 valence electrons. The van der Waals surface area contributed by atoms with Gasteiger partial charge < -0.3 is 9.53 Å². The summed E-state index contributed by atoms with van der Waals surface area (Å²) in [5.41, 5.74) is 3.68. The Bertz CT molecular complexity index is 438. The van der Waals surface area contributed by atoms with Gasteiger partial charge in [-0.3, -0.25) is 0 Å². The third kappa shape index (κ3) is 3.84. The average molecular weight is 276 g/mol. The fourth-order valence-electron chi connectivity index (χ4n) is 2.39. The number of aryl methyl sites for hydroxylation is 1. The average Bonchev–Trinajstić information content (AvgIpc) is 2.32. The Morgan fingerprint density at radius 1 is 1.00 bits per heavy atom. The van der Waals surface area contributed by atoms with Gasteiger partial charge in [0.25, 0.3) is 0 Å². The van der Waals surface area contributed by atoms with E-state index in [0.717, 1.165) is 18.5 Å². The number of ether oxygens (including phenoxy) is 1. The molecule has 0 aromatic heterocycles. The van der Waals surface area contributed by atoms with E-state index >= 15 is 0 Å². The Hall–Kier alpha value is -1.31. The van der Waals surface area contributed by atoms with Crippen LogP contribution in [0.2, 0.25) is 0 Å². The number of aldehydes is 1. The van der Waals surface area contributed by atoms with Crippen molar-refractivity contribution in [2.24, 2.45) is 0 Å². The number of carbonyl (C=O) groups excluding carboxylic acids is 1. The second-order valence-corrected chi connectivity index (χ2v) is 7.43. The van der Waals surface area contributed by atoms with Gasteiger partial charge in [-0.25, -0.2) is 0 Å². The summed E-state index contributed by atoms with van der Waals surface area (Å²) >= 11 is 0. The van der Waals surface area contributed by atoms with Crippen LogP contribution in [0.1, 0.15) is 64.7 Å². The summed E-state index contributed by atoms with van der Waals surface area (Å²) in [4.78, 5) is 10.6. The summed E-state index contributed by atoms with van der Waals surface area (Å²) < 4.78 is 5.72. The third-order valence-electron chi connectivity index (χ3n) is 3.52. The van der Waals surface area contributed by atoms with E-state index in [1.54, 1.807) is 7.11 Å². The topological polar surface area (TPSA) is 26.3 Å². The van der Waals surface area contributed by atoms with Gasteiger partial charge in [-0.2, -0.15) is 0 Å². The Balaban J connectivity index is 3.52. The van der Waals surface area contributed by atoms with Crippen molar-refractivity contribution in [2.45, 2.75) is 65.2 Å². The highest BCUT2D eigenvalue weighted by Gasteiger charge is 2.27. The molecule has 2 nitrogen and oxygen atoms in total. The summed E-state index contributed by atoms with van der Waals surface area (Å²) in [5.74, 6) is 0.986. The molecule has 1 aromatic carbocycles. The molecule has 0 radical (unpaired) electrons. The van der Waals surface area contributed by atoms with Crippen LogP contribution in [0.4, 0.5) is 0 Å². The van der Waals surface area contributed by atoms with Crippen molar-refractivity contribution in [3.05, 3.63) is 28.8 Å². The second kappa shape index (κ2) is 5.99. The standard InChI is InChI=1S/C18H28O2/c1-17(2,3)14-11-13(9-8-10-19)12-15(16(14)20-7)18(4,5)6/h10-12H,8-9H2,1-7H3. The molecule has 1 rings (SSSR count). The number of carbonyl (C=O) groups is 1. The van der Waals surface area contributed by atoms with Crippen molar-refractivity contribution in [1.29, 1.82) is 0 Å². The highest BCUT2D eigenvalue weighted by Crippen LogP contribution is 2.40. The highest BCUT2D eigenvalue weighted by molar-refractivity contribution is 5.53. The molecule has 2 heteroatoms. The molecule has 0 atom stereocenters. The minimum absolute atomic E-state index is 0.0164. The molecule has 0 spiro atoms. The van der Waals surface area contributed by atoms with Gasteiger partial charge in [0.1, 0.15) is 12.0 Å². The molecule has 0 aliphatic rings. The van der Waals surface area contributed by atoms with Crippen LogP contribution < -0.4 is 4.74 Å². The Labute approximate surface area is 123 Å². The zero-order chi connectivity index (χ0) is 15.6. The normalized spacial score (nSPS) is 12.3. The SMILES string of the molecule is COc1c(C(C)(C)C)cc(CCC=O)cc1C(C)(C)C. The Kier molecular flexibility index (Phi) is 5.01.